The predicted molar refractivity (Wildman–Crippen MR) is 232 cm³/mol. The Morgan fingerprint density at radius 2 is 0.864 bits per heavy atom. The van der Waals surface area contributed by atoms with Gasteiger partial charge in [0, 0.05) is 46.5 Å². The molecule has 6 aromatic carbocycles. The Hall–Kier alpha value is -6.43. The molecule has 0 bridgehead atoms. The van der Waals surface area contributed by atoms with Crippen LogP contribution in [-0.4, -0.2) is 43.1 Å². The van der Waals surface area contributed by atoms with Crippen molar-refractivity contribution < 1.29 is 35.9 Å². The van der Waals surface area contributed by atoms with Gasteiger partial charge in [0.2, 0.25) is 10.0 Å². The van der Waals surface area contributed by atoms with Crippen LogP contribution in [0.4, 0.5) is 32.3 Å². The van der Waals surface area contributed by atoms with Gasteiger partial charge >= 0.3 is 12.1 Å². The molecule has 6 aromatic rings. The number of sulfonamides is 1. The molecular weight excluding hydrogens is 816 g/mol. The number of anilines is 4. The number of carbonyl (C=O) groups excluding carboxylic acids is 2. The smallest absolute Gasteiger partial charge is 0.323 e. The van der Waals surface area contributed by atoms with Gasteiger partial charge in [-0.3, -0.25) is 0 Å². The monoisotopic (exact) mass is 858 g/mol. The maximum Gasteiger partial charge on any atom is 0.323 e. The summed E-state index contributed by atoms with van der Waals surface area (Å²) < 4.78 is 59.7. The quantitative estimate of drug-likeness (QED) is 0.0655. The fourth-order valence-electron chi connectivity index (χ4n) is 4.81. The molecule has 14 nitrogen and oxygen atoms in total. The summed E-state index contributed by atoms with van der Waals surface area (Å²) >= 11 is 0. The highest BCUT2D eigenvalue weighted by atomic mass is 35.7. The summed E-state index contributed by atoms with van der Waals surface area (Å²) in [7, 11) is 0.987. The van der Waals surface area contributed by atoms with Gasteiger partial charge in [-0.1, -0.05) is 60.7 Å². The lowest BCUT2D eigenvalue weighted by atomic mass is 10.2. The number of benzene rings is 6. The number of rotatable bonds is 12. The molecule has 0 radical (unpaired) electrons. The van der Waals surface area contributed by atoms with Crippen molar-refractivity contribution in [2.24, 2.45) is 5.73 Å². The van der Waals surface area contributed by atoms with Crippen LogP contribution in [0.1, 0.15) is 11.1 Å². The van der Waals surface area contributed by atoms with E-state index in [1.165, 1.54) is 48.5 Å². The first-order valence-corrected chi connectivity index (χ1v) is 21.4. The van der Waals surface area contributed by atoms with E-state index in [9.17, 15) is 26.4 Å². The van der Waals surface area contributed by atoms with Gasteiger partial charge in [0.1, 0.15) is 11.5 Å². The minimum absolute atomic E-state index is 0.0202. The number of nitrogens with two attached hydrogens (primary N) is 1. The first-order valence-electron chi connectivity index (χ1n) is 17.6. The number of hydrogen-bond donors (Lipinski definition) is 6. The normalized spacial score (nSPS) is 10.6. The molecular formula is C42H43ClN6O8S2. The second-order valence-electron chi connectivity index (χ2n) is 12.1. The standard InChI is InChI=1S/C21H21N3O4S.C13H11ClN2O3S.C8H11NO/c1-28-19-11-7-16(8-12-19)15-22-29(26,27)20-13-9-18(10-14-20)24-21(25)23-17-5-3-2-4-6-17;14-20(18,19)12-8-6-11(7-9-12)16-13(17)15-10-4-2-1-3-5-10;1-10-8-4-2-7(6-9)3-5-8/h2-14,22H,15H2,1H3,(H2,23,24,25);1-9H,(H2,15,16,17);2-5H,6,9H2,1H3. The Morgan fingerprint density at radius 1 is 0.508 bits per heavy atom. The lowest BCUT2D eigenvalue weighted by Crippen LogP contribution is -2.23. The first-order chi connectivity index (χ1) is 28.3. The van der Waals surface area contributed by atoms with Crippen molar-refractivity contribution >= 4 is 64.6 Å². The van der Waals surface area contributed by atoms with Gasteiger partial charge in [-0.15, -0.1) is 0 Å². The Kier molecular flexibility index (Phi) is 17.3. The molecule has 308 valence electrons. The van der Waals surface area contributed by atoms with Gasteiger partial charge in [-0.25, -0.2) is 31.1 Å². The second-order valence-corrected chi connectivity index (χ2v) is 16.4. The van der Waals surface area contributed by atoms with E-state index in [-0.39, 0.29) is 16.3 Å². The third-order valence-corrected chi connectivity index (χ3v) is 10.7. The molecule has 59 heavy (non-hydrogen) atoms. The van der Waals surface area contributed by atoms with Gasteiger partial charge in [-0.2, -0.15) is 0 Å². The molecule has 0 aromatic heterocycles. The average molecular weight is 859 g/mol. The van der Waals surface area contributed by atoms with Gasteiger partial charge in [-0.05, 0) is 108 Å². The zero-order valence-electron chi connectivity index (χ0n) is 32.0. The van der Waals surface area contributed by atoms with Crippen molar-refractivity contribution in [3.8, 4) is 11.5 Å². The minimum atomic E-state index is -3.75. The van der Waals surface area contributed by atoms with E-state index in [0.717, 1.165) is 16.9 Å². The predicted octanol–water partition coefficient (Wildman–Crippen LogP) is 8.23. The molecule has 0 aliphatic rings. The van der Waals surface area contributed by atoms with Crippen LogP contribution >= 0.6 is 10.7 Å². The summed E-state index contributed by atoms with van der Waals surface area (Å²) in [6.45, 7) is 0.746. The molecule has 0 heterocycles. The van der Waals surface area contributed by atoms with Gasteiger partial charge in [0.25, 0.3) is 9.05 Å². The van der Waals surface area contributed by atoms with Gasteiger partial charge in [0.05, 0.1) is 24.0 Å². The Bertz CT molecular complexity index is 2420. The summed E-state index contributed by atoms with van der Waals surface area (Å²) in [6, 6.07) is 43.5. The largest absolute Gasteiger partial charge is 0.497 e. The fraction of sp³-hybridized carbons (Fsp3) is 0.0952. The maximum atomic E-state index is 12.5. The number of nitrogens with one attached hydrogen (secondary N) is 5. The minimum Gasteiger partial charge on any atom is -0.497 e. The van der Waals surface area contributed by atoms with Crippen molar-refractivity contribution in [3.05, 3.63) is 169 Å². The van der Waals surface area contributed by atoms with Crippen LogP contribution in [0, 0.1) is 0 Å². The van der Waals surface area contributed by atoms with Gasteiger partial charge < -0.3 is 36.5 Å². The summed E-state index contributed by atoms with van der Waals surface area (Å²) in [5, 5.41) is 10.6. The van der Waals surface area contributed by atoms with E-state index < -0.39 is 31.1 Å². The number of amides is 4. The van der Waals surface area contributed by atoms with Crippen molar-refractivity contribution in [1.82, 2.24) is 4.72 Å². The van der Waals surface area contributed by atoms with Crippen LogP contribution in [0.2, 0.25) is 0 Å². The van der Waals surface area contributed by atoms with Crippen LogP contribution in [0.3, 0.4) is 0 Å². The number of hydrogen-bond acceptors (Lipinski definition) is 9. The molecule has 0 saturated carbocycles. The molecule has 0 saturated heterocycles. The van der Waals surface area contributed by atoms with Crippen LogP contribution < -0.4 is 41.2 Å². The summed E-state index contributed by atoms with van der Waals surface area (Å²) in [5.74, 6) is 1.58. The van der Waals surface area contributed by atoms with Crippen molar-refractivity contribution in [2.45, 2.75) is 22.9 Å². The van der Waals surface area contributed by atoms with Crippen LogP contribution in [0.5, 0.6) is 11.5 Å². The third kappa shape index (κ3) is 15.8. The van der Waals surface area contributed by atoms with Gasteiger partial charge in [0.15, 0.2) is 0 Å². The lowest BCUT2D eigenvalue weighted by molar-refractivity contribution is 0.261. The van der Waals surface area contributed by atoms with E-state index in [4.69, 9.17) is 25.9 Å². The van der Waals surface area contributed by atoms with Crippen LogP contribution in [-0.2, 0) is 32.2 Å². The fourth-order valence-corrected chi connectivity index (χ4v) is 6.60. The lowest BCUT2D eigenvalue weighted by Gasteiger charge is -2.10. The van der Waals surface area contributed by atoms with Crippen molar-refractivity contribution in [1.29, 1.82) is 0 Å². The molecule has 0 spiro atoms. The molecule has 0 fully saturated rings. The van der Waals surface area contributed by atoms with Crippen LogP contribution in [0.25, 0.3) is 0 Å². The SMILES string of the molecule is COc1ccc(CN)cc1.COc1ccc(CNS(=O)(=O)c2ccc(NC(=O)Nc3ccccc3)cc2)cc1.O=C(Nc1ccccc1)Nc1ccc(S(=O)(=O)Cl)cc1. The van der Waals surface area contributed by atoms with E-state index in [2.05, 4.69) is 26.0 Å². The molecule has 0 unspecified atom stereocenters. The number of para-hydroxylation sites is 2. The number of ether oxygens (including phenoxy) is 2. The van der Waals surface area contributed by atoms with Crippen molar-refractivity contribution in [3.63, 3.8) is 0 Å². The average Bonchev–Trinajstić information content (AvgIpc) is 3.24. The number of methoxy groups -OCH3 is 2. The van der Waals surface area contributed by atoms with E-state index in [0.29, 0.717) is 35.0 Å². The zero-order chi connectivity index (χ0) is 42.7. The highest BCUT2D eigenvalue weighted by Crippen LogP contribution is 2.19. The molecule has 17 heteroatoms. The second kappa shape index (κ2) is 22.5. The molecule has 0 aliphatic heterocycles. The first kappa shape index (κ1) is 45.3. The molecule has 0 aliphatic carbocycles. The Balaban J connectivity index is 0.000000220. The van der Waals surface area contributed by atoms with E-state index in [1.807, 2.05) is 48.5 Å². The summed E-state index contributed by atoms with van der Waals surface area (Å²) in [6.07, 6.45) is 0. The number of carbonyl (C=O) groups is 2. The highest BCUT2D eigenvalue weighted by molar-refractivity contribution is 8.13. The Labute approximate surface area is 348 Å². The molecule has 0 atom stereocenters. The third-order valence-electron chi connectivity index (χ3n) is 7.90. The molecule has 6 rings (SSSR count). The number of urea groups is 2. The molecule has 4 amide bonds. The highest BCUT2D eigenvalue weighted by Gasteiger charge is 2.14. The van der Waals surface area contributed by atoms with Crippen LogP contribution in [0.15, 0.2) is 168 Å². The maximum absolute atomic E-state index is 12.5. The van der Waals surface area contributed by atoms with E-state index >= 15 is 0 Å². The zero-order valence-corrected chi connectivity index (χ0v) is 34.4. The summed E-state index contributed by atoms with van der Waals surface area (Å²) in [4.78, 5) is 23.8. The molecule has 7 N–H and O–H groups in total. The van der Waals surface area contributed by atoms with E-state index in [1.54, 1.807) is 74.9 Å². The topological polar surface area (TPSA) is 207 Å². The Morgan fingerprint density at radius 3 is 1.22 bits per heavy atom. The number of halogens is 1. The summed E-state index contributed by atoms with van der Waals surface area (Å²) in [5.41, 5.74) is 9.59. The van der Waals surface area contributed by atoms with Crippen molar-refractivity contribution in [2.75, 3.05) is 35.5 Å².